The van der Waals surface area contributed by atoms with Crippen LogP contribution >= 0.6 is 0 Å². The van der Waals surface area contributed by atoms with Crippen LogP contribution in [0.15, 0.2) is 0 Å². The van der Waals surface area contributed by atoms with Gasteiger partial charge in [-0.3, -0.25) is 0 Å². The molecule has 0 heterocycles. The molecule has 1 atom stereocenters. The molecule has 0 fully saturated rings. The lowest BCUT2D eigenvalue weighted by molar-refractivity contribution is 0.399. The van der Waals surface area contributed by atoms with Gasteiger partial charge in [0.15, 0.2) is 0 Å². The van der Waals surface area contributed by atoms with Gasteiger partial charge in [-0.05, 0) is 19.9 Å². The van der Waals surface area contributed by atoms with Crippen molar-refractivity contribution in [3.8, 4) is 6.07 Å². The topological polar surface area (TPSA) is 35.8 Å². The molecule has 2 nitrogen and oxygen atoms in total. The van der Waals surface area contributed by atoms with Crippen molar-refractivity contribution in [3.63, 3.8) is 0 Å². The Morgan fingerprint density at radius 2 is 2.10 bits per heavy atom. The van der Waals surface area contributed by atoms with E-state index in [1.165, 1.54) is 0 Å². The maximum absolute atomic E-state index is 8.80. The Labute approximate surface area is 63.2 Å². The van der Waals surface area contributed by atoms with Crippen LogP contribution in [0.3, 0.4) is 0 Å². The Bertz CT molecular complexity index is 120. The molecule has 0 aromatic heterocycles. The zero-order valence-electron chi connectivity index (χ0n) is 7.07. The van der Waals surface area contributed by atoms with Crippen LogP contribution in [0, 0.1) is 11.3 Å². The molecule has 0 amide bonds. The van der Waals surface area contributed by atoms with E-state index in [4.69, 9.17) is 5.26 Å². The van der Waals surface area contributed by atoms with Crippen molar-refractivity contribution < 1.29 is 0 Å². The number of hydrogen-bond acceptors (Lipinski definition) is 2. The first-order chi connectivity index (χ1) is 4.74. The molecule has 0 radical (unpaired) electrons. The predicted molar refractivity (Wildman–Crippen MR) is 42.6 cm³/mol. The predicted octanol–water partition coefficient (Wildman–Crippen LogP) is 1.68. The van der Waals surface area contributed by atoms with E-state index in [1.54, 1.807) is 0 Å². The van der Waals surface area contributed by atoms with Gasteiger partial charge in [0.05, 0.1) is 6.07 Å². The molecule has 58 valence electrons. The molecule has 0 aliphatic rings. The van der Waals surface area contributed by atoms with Crippen LogP contribution in [0.5, 0.6) is 0 Å². The van der Waals surface area contributed by atoms with Crippen LogP contribution in [0.1, 0.15) is 33.1 Å². The molecule has 1 N–H and O–H groups in total. The summed E-state index contributed by atoms with van der Waals surface area (Å²) in [7, 11) is 1.85. The van der Waals surface area contributed by atoms with Crippen LogP contribution in [-0.4, -0.2) is 12.6 Å². The number of hydrogen-bond donors (Lipinski definition) is 1. The summed E-state index contributed by atoms with van der Waals surface area (Å²) in [5, 5.41) is 11.8. The van der Waals surface area contributed by atoms with Gasteiger partial charge in [-0.25, -0.2) is 0 Å². The third kappa shape index (κ3) is 2.00. The summed E-state index contributed by atoms with van der Waals surface area (Å²) in [5.41, 5.74) is -0.269. The third-order valence-corrected chi connectivity index (χ3v) is 1.97. The number of nitrogens with zero attached hydrogens (tertiary/aromatic N) is 1. The molecular weight excluding hydrogens is 124 g/mol. The van der Waals surface area contributed by atoms with Crippen molar-refractivity contribution in [1.82, 2.24) is 5.32 Å². The van der Waals surface area contributed by atoms with E-state index >= 15 is 0 Å². The molecular formula is C8H16N2. The Balaban J connectivity index is 4.05. The Hall–Kier alpha value is -0.550. The molecule has 0 spiro atoms. The van der Waals surface area contributed by atoms with E-state index < -0.39 is 0 Å². The van der Waals surface area contributed by atoms with E-state index in [0.717, 1.165) is 19.3 Å². The first-order valence-corrected chi connectivity index (χ1v) is 3.84. The van der Waals surface area contributed by atoms with Gasteiger partial charge < -0.3 is 5.32 Å². The van der Waals surface area contributed by atoms with Gasteiger partial charge >= 0.3 is 0 Å². The maximum Gasteiger partial charge on any atom is 0.106 e. The monoisotopic (exact) mass is 140 g/mol. The average Bonchev–Trinajstić information content (AvgIpc) is 2.01. The second-order valence-corrected chi connectivity index (χ2v) is 2.55. The SMILES string of the molecule is CCCC(C#N)(CC)NC. The molecule has 0 saturated heterocycles. The zero-order chi connectivity index (χ0) is 8.04. The van der Waals surface area contributed by atoms with Gasteiger partial charge in [-0.15, -0.1) is 0 Å². The highest BCUT2D eigenvalue weighted by Crippen LogP contribution is 2.14. The van der Waals surface area contributed by atoms with Crippen molar-refractivity contribution in [2.24, 2.45) is 0 Å². The highest BCUT2D eigenvalue weighted by molar-refractivity contribution is 5.04. The Morgan fingerprint density at radius 3 is 2.20 bits per heavy atom. The van der Waals surface area contributed by atoms with Gasteiger partial charge in [0.25, 0.3) is 0 Å². The quantitative estimate of drug-likeness (QED) is 0.645. The molecule has 0 aromatic rings. The second kappa shape index (κ2) is 4.29. The molecule has 10 heavy (non-hydrogen) atoms. The lowest BCUT2D eigenvalue weighted by Crippen LogP contribution is -2.40. The molecule has 0 aliphatic heterocycles. The van der Waals surface area contributed by atoms with E-state index in [2.05, 4.69) is 18.3 Å². The van der Waals surface area contributed by atoms with Crippen molar-refractivity contribution in [1.29, 1.82) is 5.26 Å². The largest absolute Gasteiger partial charge is 0.302 e. The molecule has 0 bridgehead atoms. The number of nitriles is 1. The van der Waals surface area contributed by atoms with Crippen LogP contribution in [-0.2, 0) is 0 Å². The summed E-state index contributed by atoms with van der Waals surface area (Å²) in [5.74, 6) is 0. The standard InChI is InChI=1S/C8H16N2/c1-4-6-8(5-2,7-9)10-3/h10H,4-6H2,1-3H3. The van der Waals surface area contributed by atoms with Crippen molar-refractivity contribution in [2.75, 3.05) is 7.05 Å². The average molecular weight is 140 g/mol. The highest BCUT2D eigenvalue weighted by Gasteiger charge is 2.23. The Morgan fingerprint density at radius 1 is 1.50 bits per heavy atom. The molecule has 2 heteroatoms. The van der Waals surface area contributed by atoms with Crippen LogP contribution in [0.25, 0.3) is 0 Å². The first-order valence-electron chi connectivity index (χ1n) is 3.84. The summed E-state index contributed by atoms with van der Waals surface area (Å²) in [6.45, 7) is 4.13. The molecule has 0 rings (SSSR count). The fourth-order valence-corrected chi connectivity index (χ4v) is 1.10. The van der Waals surface area contributed by atoms with E-state index in [-0.39, 0.29) is 5.54 Å². The van der Waals surface area contributed by atoms with E-state index in [9.17, 15) is 0 Å². The van der Waals surface area contributed by atoms with Gasteiger partial charge in [0, 0.05) is 0 Å². The van der Waals surface area contributed by atoms with Crippen LogP contribution in [0.4, 0.5) is 0 Å². The van der Waals surface area contributed by atoms with Crippen molar-refractivity contribution >= 4 is 0 Å². The van der Waals surface area contributed by atoms with Gasteiger partial charge in [0.2, 0.25) is 0 Å². The smallest absolute Gasteiger partial charge is 0.106 e. The lowest BCUT2D eigenvalue weighted by atomic mass is 9.93. The molecule has 0 aromatic carbocycles. The summed E-state index contributed by atoms with van der Waals surface area (Å²) in [4.78, 5) is 0. The zero-order valence-corrected chi connectivity index (χ0v) is 7.07. The number of nitrogens with one attached hydrogen (secondary N) is 1. The molecule has 0 saturated carbocycles. The minimum absolute atomic E-state index is 0.269. The van der Waals surface area contributed by atoms with Gasteiger partial charge in [0.1, 0.15) is 5.54 Å². The number of rotatable bonds is 4. The van der Waals surface area contributed by atoms with E-state index in [0.29, 0.717) is 0 Å². The lowest BCUT2D eigenvalue weighted by Gasteiger charge is -2.23. The van der Waals surface area contributed by atoms with Gasteiger partial charge in [-0.1, -0.05) is 20.3 Å². The second-order valence-electron chi connectivity index (χ2n) is 2.55. The van der Waals surface area contributed by atoms with Crippen LogP contribution < -0.4 is 5.32 Å². The minimum Gasteiger partial charge on any atom is -0.302 e. The normalized spacial score (nSPS) is 15.8. The maximum atomic E-state index is 8.80. The summed E-state index contributed by atoms with van der Waals surface area (Å²) >= 11 is 0. The van der Waals surface area contributed by atoms with Gasteiger partial charge in [-0.2, -0.15) is 5.26 Å². The summed E-state index contributed by atoms with van der Waals surface area (Å²) in [6.07, 6.45) is 2.88. The fourth-order valence-electron chi connectivity index (χ4n) is 1.10. The van der Waals surface area contributed by atoms with Crippen molar-refractivity contribution in [3.05, 3.63) is 0 Å². The minimum atomic E-state index is -0.269. The third-order valence-electron chi connectivity index (χ3n) is 1.97. The van der Waals surface area contributed by atoms with Crippen LogP contribution in [0.2, 0.25) is 0 Å². The van der Waals surface area contributed by atoms with Crippen molar-refractivity contribution in [2.45, 2.75) is 38.6 Å². The fraction of sp³-hybridized carbons (Fsp3) is 0.875. The van der Waals surface area contributed by atoms with E-state index in [1.807, 2.05) is 14.0 Å². The molecule has 0 aliphatic carbocycles. The highest BCUT2D eigenvalue weighted by atomic mass is 14.9. The summed E-state index contributed by atoms with van der Waals surface area (Å²) in [6, 6.07) is 2.30. The first kappa shape index (κ1) is 9.45. The Kier molecular flexibility index (Phi) is 4.06. The molecule has 1 unspecified atom stereocenters. The summed E-state index contributed by atoms with van der Waals surface area (Å²) < 4.78 is 0.